The van der Waals surface area contributed by atoms with Crippen LogP contribution in [0, 0.1) is 46.3 Å². The van der Waals surface area contributed by atoms with E-state index in [1.54, 1.807) is 0 Å². The fraction of sp³-hybridized carbons (Fsp3) is 0.852. The van der Waals surface area contributed by atoms with Gasteiger partial charge in [-0.1, -0.05) is 20.8 Å². The van der Waals surface area contributed by atoms with Crippen LogP contribution < -0.4 is 0 Å². The minimum absolute atomic E-state index is 0.0140. The highest BCUT2D eigenvalue weighted by Crippen LogP contribution is 2.66. The van der Waals surface area contributed by atoms with E-state index in [0.717, 1.165) is 19.3 Å². The second kappa shape index (κ2) is 9.93. The second-order valence-electron chi connectivity index (χ2n) is 12.3. The maximum Gasteiger partial charge on any atom is 0.305 e. The highest BCUT2D eigenvalue weighted by molar-refractivity contribution is 7.85. The molecule has 8 atom stereocenters. The maximum atomic E-state index is 13.8. The van der Waals surface area contributed by atoms with Gasteiger partial charge in [0.1, 0.15) is 17.3 Å². The molecule has 36 heavy (non-hydrogen) atoms. The molecule has 0 aromatic heterocycles. The van der Waals surface area contributed by atoms with Crippen molar-refractivity contribution in [2.24, 2.45) is 46.3 Å². The first-order valence-corrected chi connectivity index (χ1v) is 15.0. The first-order valence-electron chi connectivity index (χ1n) is 13.4. The van der Waals surface area contributed by atoms with Gasteiger partial charge in [-0.15, -0.1) is 0 Å². The molecule has 9 heteroatoms. The van der Waals surface area contributed by atoms with Crippen LogP contribution in [0.1, 0.15) is 85.0 Å². The Kier molecular flexibility index (Phi) is 7.57. The van der Waals surface area contributed by atoms with Crippen molar-refractivity contribution in [3.8, 4) is 0 Å². The van der Waals surface area contributed by atoms with Crippen molar-refractivity contribution in [2.45, 2.75) is 85.0 Å². The van der Waals surface area contributed by atoms with Crippen molar-refractivity contribution in [1.82, 2.24) is 0 Å². The number of hydrogen-bond acceptors (Lipinski definition) is 8. The SMILES string of the molecule is C[C@H](CCC(=O)OCCCS(=O)(=O)[O-])[C@H]1CC[C@H]2[C@@H]3C(=O)CC4CC(=O)CC[C@]4(C)[C@H]3CC(=O)[C@]12C. The highest BCUT2D eigenvalue weighted by atomic mass is 32.2. The summed E-state index contributed by atoms with van der Waals surface area (Å²) in [5.74, 6) is -0.157. The van der Waals surface area contributed by atoms with Crippen LogP contribution in [-0.2, 0) is 34.0 Å². The Morgan fingerprint density at radius 3 is 2.53 bits per heavy atom. The molecule has 0 aliphatic heterocycles. The smallest absolute Gasteiger partial charge is 0.305 e. The van der Waals surface area contributed by atoms with Crippen molar-refractivity contribution in [1.29, 1.82) is 0 Å². The number of carbonyl (C=O) groups excluding carboxylic acids is 4. The summed E-state index contributed by atoms with van der Waals surface area (Å²) in [5, 5.41) is 0. The van der Waals surface area contributed by atoms with Gasteiger partial charge in [0.2, 0.25) is 0 Å². The molecule has 4 rings (SSSR count). The summed E-state index contributed by atoms with van der Waals surface area (Å²) in [6, 6.07) is 0. The summed E-state index contributed by atoms with van der Waals surface area (Å²) in [6.07, 6.45) is 4.99. The predicted octanol–water partition coefficient (Wildman–Crippen LogP) is 3.47. The molecule has 4 fully saturated rings. The number of ether oxygens (including phenoxy) is 1. The largest absolute Gasteiger partial charge is 0.748 e. The molecule has 0 aromatic rings. The number of carbonyl (C=O) groups is 4. The summed E-state index contributed by atoms with van der Waals surface area (Å²) in [6.45, 7) is 6.20. The lowest BCUT2D eigenvalue weighted by Crippen LogP contribution is -2.60. The Balaban J connectivity index is 1.41. The third-order valence-corrected chi connectivity index (χ3v) is 11.3. The number of ketones is 3. The van der Waals surface area contributed by atoms with E-state index < -0.39 is 27.3 Å². The van der Waals surface area contributed by atoms with Gasteiger partial charge >= 0.3 is 5.97 Å². The highest BCUT2D eigenvalue weighted by Gasteiger charge is 2.66. The van der Waals surface area contributed by atoms with Crippen molar-refractivity contribution in [2.75, 3.05) is 12.4 Å². The summed E-state index contributed by atoms with van der Waals surface area (Å²) in [4.78, 5) is 51.5. The average Bonchev–Trinajstić information content (AvgIpc) is 3.15. The van der Waals surface area contributed by atoms with E-state index in [4.69, 9.17) is 4.74 Å². The quantitative estimate of drug-likeness (QED) is 0.268. The van der Waals surface area contributed by atoms with Crippen LogP contribution in [0.25, 0.3) is 0 Å². The van der Waals surface area contributed by atoms with Gasteiger partial charge in [-0.25, -0.2) is 8.42 Å². The van der Waals surface area contributed by atoms with Crippen LogP contribution in [0.4, 0.5) is 0 Å². The third-order valence-electron chi connectivity index (χ3n) is 10.5. The molecule has 4 saturated carbocycles. The van der Waals surface area contributed by atoms with Gasteiger partial charge < -0.3 is 9.29 Å². The summed E-state index contributed by atoms with van der Waals surface area (Å²) in [5.41, 5.74) is -0.724. The third kappa shape index (κ3) is 4.94. The normalized spacial score (nSPS) is 39.2. The summed E-state index contributed by atoms with van der Waals surface area (Å²) in [7, 11) is -4.32. The molecule has 1 unspecified atom stereocenters. The molecule has 4 aliphatic rings. The zero-order valence-corrected chi connectivity index (χ0v) is 22.4. The van der Waals surface area contributed by atoms with E-state index in [0.29, 0.717) is 32.1 Å². The van der Waals surface area contributed by atoms with Crippen molar-refractivity contribution < 1.29 is 36.9 Å². The van der Waals surface area contributed by atoms with Gasteiger partial charge in [-0.2, -0.15) is 0 Å². The Morgan fingerprint density at radius 2 is 1.83 bits per heavy atom. The molecule has 0 amide bonds. The summed E-state index contributed by atoms with van der Waals surface area (Å²) >= 11 is 0. The Bertz CT molecular complexity index is 1030. The number of Topliss-reactive ketones (excluding diaryl/α,β-unsaturated/α-hetero) is 3. The summed E-state index contributed by atoms with van der Waals surface area (Å²) < 4.78 is 37.1. The van der Waals surface area contributed by atoms with Gasteiger partial charge in [0.25, 0.3) is 0 Å². The molecular formula is C27H39O8S-. The van der Waals surface area contributed by atoms with Gasteiger partial charge in [0.15, 0.2) is 0 Å². The van der Waals surface area contributed by atoms with Gasteiger partial charge in [0, 0.05) is 49.2 Å². The first-order chi connectivity index (χ1) is 16.8. The molecule has 0 heterocycles. The lowest BCUT2D eigenvalue weighted by molar-refractivity contribution is -0.166. The topological polar surface area (TPSA) is 135 Å². The predicted molar refractivity (Wildman–Crippen MR) is 130 cm³/mol. The zero-order chi connectivity index (χ0) is 26.5. The van der Waals surface area contributed by atoms with E-state index >= 15 is 0 Å². The number of esters is 1. The molecule has 0 spiro atoms. The standard InChI is InChI=1S/C27H40O8S/c1-16(5-8-24(31)35-11-4-12-36(32,33)34)19-6-7-20-25-21(15-23(30)27(19,20)3)26(2)10-9-18(28)13-17(26)14-22(25)29/h16-17,19-21,25H,4-15H2,1-3H3,(H,32,33,34)/p-1/t16-,17?,19-,20+,21+,25+,26+,27-/m1/s1. The lowest BCUT2D eigenvalue weighted by atomic mass is 9.44. The van der Waals surface area contributed by atoms with Gasteiger partial charge in [-0.3, -0.25) is 19.2 Å². The van der Waals surface area contributed by atoms with Crippen molar-refractivity contribution >= 4 is 33.4 Å². The zero-order valence-electron chi connectivity index (χ0n) is 21.6. The molecule has 0 N–H and O–H groups in total. The molecule has 8 nitrogen and oxygen atoms in total. The number of rotatable bonds is 8. The molecule has 202 valence electrons. The van der Waals surface area contributed by atoms with E-state index in [2.05, 4.69) is 13.8 Å². The Labute approximate surface area is 214 Å². The number of hydrogen-bond donors (Lipinski definition) is 0. The van der Waals surface area contributed by atoms with Crippen molar-refractivity contribution in [3.05, 3.63) is 0 Å². The van der Waals surface area contributed by atoms with Crippen LogP contribution in [-0.4, -0.2) is 48.6 Å². The number of fused-ring (bicyclic) bond motifs is 5. The van der Waals surface area contributed by atoms with E-state index in [1.165, 1.54) is 0 Å². The van der Waals surface area contributed by atoms with E-state index in [9.17, 15) is 32.1 Å². The fourth-order valence-corrected chi connectivity index (χ4v) is 8.90. The Hall–Kier alpha value is -1.61. The molecule has 0 radical (unpaired) electrons. The van der Waals surface area contributed by atoms with Crippen LogP contribution in [0.3, 0.4) is 0 Å². The van der Waals surface area contributed by atoms with Crippen molar-refractivity contribution in [3.63, 3.8) is 0 Å². The van der Waals surface area contributed by atoms with Gasteiger partial charge in [-0.05, 0) is 67.1 Å². The fourth-order valence-electron chi connectivity index (χ4n) is 8.43. The molecule has 0 bridgehead atoms. The minimum Gasteiger partial charge on any atom is -0.748 e. The second-order valence-corrected chi connectivity index (χ2v) is 13.8. The molecule has 0 aromatic carbocycles. The van der Waals surface area contributed by atoms with Crippen LogP contribution >= 0.6 is 0 Å². The molecular weight excluding hydrogens is 484 g/mol. The van der Waals surface area contributed by atoms with Crippen LogP contribution in [0.15, 0.2) is 0 Å². The van der Waals surface area contributed by atoms with Gasteiger partial charge in [0.05, 0.1) is 16.7 Å². The molecule has 0 saturated heterocycles. The van der Waals surface area contributed by atoms with E-state index in [1.807, 2.05) is 6.92 Å². The Morgan fingerprint density at radius 1 is 1.11 bits per heavy atom. The molecule has 4 aliphatic carbocycles. The van der Waals surface area contributed by atoms with Crippen LogP contribution in [0.5, 0.6) is 0 Å². The monoisotopic (exact) mass is 523 g/mol. The maximum absolute atomic E-state index is 13.8. The average molecular weight is 524 g/mol. The first kappa shape index (κ1) is 27.4. The van der Waals surface area contributed by atoms with Crippen LogP contribution in [0.2, 0.25) is 0 Å². The minimum atomic E-state index is -4.32. The lowest BCUT2D eigenvalue weighted by Gasteiger charge is -2.58. The van der Waals surface area contributed by atoms with E-state index in [-0.39, 0.29) is 77.7 Å².